The normalized spacial score (nSPS) is 20.8. The monoisotopic (exact) mass is 453 g/mol. The Morgan fingerprint density at radius 3 is 2.47 bits per heavy atom. The molecule has 1 aliphatic carbocycles. The first kappa shape index (κ1) is 21.2. The zero-order valence-corrected chi connectivity index (χ0v) is 19.4. The maximum atomic E-state index is 6.40. The highest BCUT2D eigenvalue weighted by molar-refractivity contribution is 6.00. The van der Waals surface area contributed by atoms with Crippen molar-refractivity contribution in [2.45, 2.75) is 50.8 Å². The number of aromatic nitrogens is 3. The molecule has 6 heteroatoms. The lowest BCUT2D eigenvalue weighted by Gasteiger charge is -2.42. The minimum absolute atomic E-state index is 0.445. The van der Waals surface area contributed by atoms with E-state index in [0.29, 0.717) is 18.5 Å². The molecule has 0 spiro atoms. The molecule has 0 bridgehead atoms. The number of likely N-dealkylation sites (tertiary alicyclic amines) is 1. The first-order valence-electron chi connectivity index (χ1n) is 12.4. The van der Waals surface area contributed by atoms with Crippen LogP contribution >= 0.6 is 0 Å². The van der Waals surface area contributed by atoms with E-state index in [1.54, 1.807) is 6.33 Å². The quantitative estimate of drug-likeness (QED) is 0.420. The molecule has 6 rings (SSSR count). The van der Waals surface area contributed by atoms with Crippen molar-refractivity contribution in [1.29, 1.82) is 0 Å². The van der Waals surface area contributed by atoms with Gasteiger partial charge in [0.05, 0.1) is 5.39 Å². The number of rotatable bonds is 6. The van der Waals surface area contributed by atoms with Gasteiger partial charge < -0.3 is 19.9 Å². The first-order chi connectivity index (χ1) is 16.8. The zero-order valence-electron chi connectivity index (χ0n) is 19.4. The van der Waals surface area contributed by atoms with Crippen LogP contribution in [0.5, 0.6) is 5.75 Å². The molecule has 1 saturated heterocycles. The molecule has 3 heterocycles. The van der Waals surface area contributed by atoms with E-state index < -0.39 is 0 Å². The molecule has 6 nitrogen and oxygen atoms in total. The van der Waals surface area contributed by atoms with Gasteiger partial charge in [-0.1, -0.05) is 42.5 Å². The minimum Gasteiger partial charge on any atom is -0.489 e. The second-order valence-electron chi connectivity index (χ2n) is 9.56. The number of hydrogen-bond donors (Lipinski definition) is 1. The summed E-state index contributed by atoms with van der Waals surface area (Å²) in [6, 6.07) is 19.7. The summed E-state index contributed by atoms with van der Waals surface area (Å²) in [6.07, 6.45) is 10.0. The SMILES string of the molecule is Nc1ncnc2c1c(-c1cccc(OCc3ccccc3)c1)cn2C1CCC(N2CCC2)CC1. The van der Waals surface area contributed by atoms with Crippen LogP contribution in [0.4, 0.5) is 5.82 Å². The fourth-order valence-electron chi connectivity index (χ4n) is 5.51. The van der Waals surface area contributed by atoms with Gasteiger partial charge in [0.1, 0.15) is 30.1 Å². The van der Waals surface area contributed by atoms with Crippen LogP contribution in [0.2, 0.25) is 0 Å². The van der Waals surface area contributed by atoms with Crippen LogP contribution in [0.25, 0.3) is 22.2 Å². The Hall–Kier alpha value is -3.38. The summed E-state index contributed by atoms with van der Waals surface area (Å²) in [5.41, 5.74) is 10.6. The average Bonchev–Trinajstić information content (AvgIpc) is 3.24. The molecule has 2 N–H and O–H groups in total. The average molecular weight is 454 g/mol. The van der Waals surface area contributed by atoms with Gasteiger partial charge in [-0.3, -0.25) is 0 Å². The Morgan fingerprint density at radius 2 is 1.71 bits per heavy atom. The van der Waals surface area contributed by atoms with Crippen molar-refractivity contribution in [2.24, 2.45) is 0 Å². The van der Waals surface area contributed by atoms with E-state index in [2.05, 4.69) is 49.9 Å². The number of benzene rings is 2. The van der Waals surface area contributed by atoms with Crippen LogP contribution in [-0.4, -0.2) is 38.6 Å². The van der Waals surface area contributed by atoms with Gasteiger partial charge in [-0.2, -0.15) is 0 Å². The molecular formula is C28H31N5O. The molecule has 0 radical (unpaired) electrons. The molecule has 1 aliphatic heterocycles. The van der Waals surface area contributed by atoms with Gasteiger partial charge in [0.25, 0.3) is 0 Å². The topological polar surface area (TPSA) is 69.2 Å². The van der Waals surface area contributed by atoms with E-state index in [-0.39, 0.29) is 0 Å². The second kappa shape index (κ2) is 9.11. The van der Waals surface area contributed by atoms with E-state index in [1.807, 2.05) is 30.3 Å². The van der Waals surface area contributed by atoms with Gasteiger partial charge in [-0.15, -0.1) is 0 Å². The molecule has 2 fully saturated rings. The fourth-order valence-corrected chi connectivity index (χ4v) is 5.51. The third kappa shape index (κ3) is 4.03. The van der Waals surface area contributed by atoms with Crippen LogP contribution in [-0.2, 0) is 6.61 Å². The van der Waals surface area contributed by atoms with Crippen molar-refractivity contribution in [3.63, 3.8) is 0 Å². The molecule has 0 unspecified atom stereocenters. The number of hydrogen-bond acceptors (Lipinski definition) is 5. The summed E-state index contributed by atoms with van der Waals surface area (Å²) in [5.74, 6) is 1.37. The van der Waals surface area contributed by atoms with Gasteiger partial charge in [0.2, 0.25) is 0 Å². The van der Waals surface area contributed by atoms with Gasteiger partial charge in [-0.05, 0) is 68.5 Å². The third-order valence-electron chi connectivity index (χ3n) is 7.50. The zero-order chi connectivity index (χ0) is 22.9. The number of nitrogens with two attached hydrogens (primary N) is 1. The van der Waals surface area contributed by atoms with Gasteiger partial charge >= 0.3 is 0 Å². The van der Waals surface area contributed by atoms with E-state index in [0.717, 1.165) is 39.5 Å². The molecule has 2 aromatic heterocycles. The van der Waals surface area contributed by atoms with Crippen molar-refractivity contribution in [2.75, 3.05) is 18.8 Å². The van der Waals surface area contributed by atoms with Gasteiger partial charge in [-0.25, -0.2) is 9.97 Å². The van der Waals surface area contributed by atoms with Crippen molar-refractivity contribution in [3.05, 3.63) is 72.7 Å². The number of ether oxygens (including phenoxy) is 1. The second-order valence-corrected chi connectivity index (χ2v) is 9.56. The van der Waals surface area contributed by atoms with Gasteiger partial charge in [0.15, 0.2) is 0 Å². The summed E-state index contributed by atoms with van der Waals surface area (Å²) in [6.45, 7) is 3.09. The largest absolute Gasteiger partial charge is 0.489 e. The highest BCUT2D eigenvalue weighted by Crippen LogP contribution is 2.40. The maximum absolute atomic E-state index is 6.40. The summed E-state index contributed by atoms with van der Waals surface area (Å²) in [5, 5.41) is 0.938. The number of anilines is 1. The number of nitrogens with zero attached hydrogens (tertiary/aromatic N) is 4. The van der Waals surface area contributed by atoms with E-state index >= 15 is 0 Å². The van der Waals surface area contributed by atoms with Crippen molar-refractivity contribution < 1.29 is 4.74 Å². The lowest BCUT2D eigenvalue weighted by atomic mass is 9.88. The predicted octanol–water partition coefficient (Wildman–Crippen LogP) is 5.45. The van der Waals surface area contributed by atoms with E-state index in [9.17, 15) is 0 Å². The summed E-state index contributed by atoms with van der Waals surface area (Å²) in [4.78, 5) is 11.6. The molecule has 0 atom stereocenters. The van der Waals surface area contributed by atoms with E-state index in [1.165, 1.54) is 45.2 Å². The lowest BCUT2D eigenvalue weighted by molar-refractivity contribution is 0.0807. The minimum atomic E-state index is 0.445. The smallest absolute Gasteiger partial charge is 0.146 e. The van der Waals surface area contributed by atoms with Crippen molar-refractivity contribution in [3.8, 4) is 16.9 Å². The Morgan fingerprint density at radius 1 is 0.912 bits per heavy atom. The molecular weight excluding hydrogens is 422 g/mol. The maximum Gasteiger partial charge on any atom is 0.146 e. The summed E-state index contributed by atoms with van der Waals surface area (Å²) in [7, 11) is 0. The van der Waals surface area contributed by atoms with E-state index in [4.69, 9.17) is 10.5 Å². The van der Waals surface area contributed by atoms with Crippen LogP contribution in [0.3, 0.4) is 0 Å². The third-order valence-corrected chi connectivity index (χ3v) is 7.50. The van der Waals surface area contributed by atoms with Crippen LogP contribution in [0.1, 0.15) is 43.7 Å². The standard InChI is InChI=1S/C28H31N5O/c29-27-26-25(21-8-4-9-24(16-21)34-18-20-6-2-1-3-7-20)17-33(28(26)31-19-30-27)23-12-10-22(11-13-23)32-14-5-15-32/h1-4,6-9,16-17,19,22-23H,5,10-15,18H2,(H2,29,30,31). The summed E-state index contributed by atoms with van der Waals surface area (Å²) >= 11 is 0. The molecule has 2 aromatic carbocycles. The molecule has 0 amide bonds. The number of fused-ring (bicyclic) bond motifs is 1. The molecule has 4 aromatic rings. The molecule has 1 saturated carbocycles. The predicted molar refractivity (Wildman–Crippen MR) is 136 cm³/mol. The lowest BCUT2D eigenvalue weighted by Crippen LogP contribution is -2.46. The molecule has 174 valence electrons. The van der Waals surface area contributed by atoms with Crippen LogP contribution in [0.15, 0.2) is 67.1 Å². The highest BCUT2D eigenvalue weighted by atomic mass is 16.5. The molecule has 2 aliphatic rings. The summed E-state index contributed by atoms with van der Waals surface area (Å²) < 4.78 is 8.45. The Bertz CT molecular complexity index is 1270. The Balaban J connectivity index is 1.29. The first-order valence-corrected chi connectivity index (χ1v) is 12.4. The van der Waals surface area contributed by atoms with Crippen LogP contribution in [0, 0.1) is 0 Å². The Labute approximate surface area is 200 Å². The van der Waals surface area contributed by atoms with Crippen molar-refractivity contribution in [1.82, 2.24) is 19.4 Å². The number of nitrogen functional groups attached to an aromatic ring is 1. The highest BCUT2D eigenvalue weighted by Gasteiger charge is 2.30. The Kier molecular flexibility index (Phi) is 5.67. The van der Waals surface area contributed by atoms with Gasteiger partial charge in [0, 0.05) is 23.8 Å². The van der Waals surface area contributed by atoms with Crippen molar-refractivity contribution >= 4 is 16.9 Å². The van der Waals surface area contributed by atoms with Crippen LogP contribution < -0.4 is 10.5 Å². The molecule has 34 heavy (non-hydrogen) atoms. The fraction of sp³-hybridized carbons (Fsp3) is 0.357.